The van der Waals surface area contributed by atoms with Gasteiger partial charge in [0.2, 0.25) is 0 Å². The molecule has 0 amide bonds. The van der Waals surface area contributed by atoms with Gasteiger partial charge in [0.15, 0.2) is 0 Å². The molecule has 0 bridgehead atoms. The normalized spacial score (nSPS) is 18.8. The first kappa shape index (κ1) is 13.7. The van der Waals surface area contributed by atoms with Gasteiger partial charge in [-0.3, -0.25) is 0 Å². The minimum atomic E-state index is 0.1000. The van der Waals surface area contributed by atoms with Crippen LogP contribution in [0.15, 0.2) is 53.4 Å². The number of fused-ring (bicyclic) bond motifs is 1. The van der Waals surface area contributed by atoms with Gasteiger partial charge < -0.3 is 5.73 Å². The molecule has 2 atom stereocenters. The van der Waals surface area contributed by atoms with Crippen molar-refractivity contribution in [3.63, 3.8) is 0 Å². The fraction of sp³-hybridized carbons (Fsp3) is 0.333. The Morgan fingerprint density at radius 2 is 2.05 bits per heavy atom. The average Bonchev–Trinajstić information content (AvgIpc) is 2.91. The molecule has 0 fully saturated rings. The molecule has 1 nitrogen and oxygen atoms in total. The second-order valence-corrected chi connectivity index (χ2v) is 6.54. The van der Waals surface area contributed by atoms with Crippen LogP contribution in [0.25, 0.3) is 0 Å². The zero-order chi connectivity index (χ0) is 13.9. The fourth-order valence-electron chi connectivity index (χ4n) is 2.96. The lowest BCUT2D eigenvalue weighted by molar-refractivity contribution is 0.606. The van der Waals surface area contributed by atoms with Crippen LogP contribution in [-0.4, -0.2) is 5.75 Å². The van der Waals surface area contributed by atoms with Crippen molar-refractivity contribution in [1.29, 1.82) is 0 Å². The number of thioether (sulfide) groups is 1. The Balaban J connectivity index is 1.86. The summed E-state index contributed by atoms with van der Waals surface area (Å²) in [4.78, 5) is 1.40. The van der Waals surface area contributed by atoms with E-state index >= 15 is 0 Å². The molecule has 1 aliphatic rings. The molecular formula is C18H21NS. The van der Waals surface area contributed by atoms with E-state index in [0.717, 1.165) is 12.2 Å². The molecule has 2 unspecified atom stereocenters. The van der Waals surface area contributed by atoms with Gasteiger partial charge in [0, 0.05) is 22.6 Å². The third-order valence-corrected chi connectivity index (χ3v) is 5.25. The van der Waals surface area contributed by atoms with Gasteiger partial charge in [0.1, 0.15) is 0 Å². The molecular weight excluding hydrogens is 262 g/mol. The minimum absolute atomic E-state index is 0.1000. The van der Waals surface area contributed by atoms with Crippen molar-refractivity contribution in [1.82, 2.24) is 0 Å². The van der Waals surface area contributed by atoms with Crippen molar-refractivity contribution in [2.75, 3.05) is 5.75 Å². The maximum Gasteiger partial charge on any atom is 0.0373 e. The SMILES string of the molecule is CCCc1cccc(C(N)C2CSc3ccccc32)c1. The van der Waals surface area contributed by atoms with Gasteiger partial charge >= 0.3 is 0 Å². The van der Waals surface area contributed by atoms with Crippen LogP contribution in [0.1, 0.15) is 42.0 Å². The lowest BCUT2D eigenvalue weighted by Gasteiger charge is -2.20. The van der Waals surface area contributed by atoms with E-state index in [2.05, 4.69) is 55.5 Å². The van der Waals surface area contributed by atoms with Crippen LogP contribution in [0.4, 0.5) is 0 Å². The minimum Gasteiger partial charge on any atom is -0.323 e. The molecule has 0 aromatic heterocycles. The van der Waals surface area contributed by atoms with Crippen molar-refractivity contribution in [2.24, 2.45) is 5.73 Å². The highest BCUT2D eigenvalue weighted by Gasteiger charge is 2.28. The van der Waals surface area contributed by atoms with E-state index in [4.69, 9.17) is 5.73 Å². The Labute approximate surface area is 125 Å². The molecule has 104 valence electrons. The molecule has 0 saturated carbocycles. The van der Waals surface area contributed by atoms with Gasteiger partial charge in [-0.15, -0.1) is 11.8 Å². The summed E-state index contributed by atoms with van der Waals surface area (Å²) in [6.45, 7) is 2.22. The Morgan fingerprint density at radius 3 is 2.90 bits per heavy atom. The summed E-state index contributed by atoms with van der Waals surface area (Å²) in [5.41, 5.74) is 10.7. The molecule has 2 aromatic carbocycles. The first-order valence-electron chi connectivity index (χ1n) is 7.35. The highest BCUT2D eigenvalue weighted by molar-refractivity contribution is 7.99. The van der Waals surface area contributed by atoms with E-state index in [1.165, 1.54) is 28.0 Å². The summed E-state index contributed by atoms with van der Waals surface area (Å²) in [5.74, 6) is 1.53. The van der Waals surface area contributed by atoms with Crippen LogP contribution in [-0.2, 0) is 6.42 Å². The smallest absolute Gasteiger partial charge is 0.0373 e. The average molecular weight is 283 g/mol. The number of rotatable bonds is 4. The van der Waals surface area contributed by atoms with Crippen LogP contribution in [0.3, 0.4) is 0 Å². The standard InChI is InChI=1S/C18H21NS/c1-2-6-13-7-5-8-14(11-13)18(19)16-12-20-17-10-4-3-9-15(16)17/h3-5,7-11,16,18H,2,6,12,19H2,1H3. The number of aryl methyl sites for hydroxylation is 1. The fourth-order valence-corrected chi connectivity index (χ4v) is 4.27. The van der Waals surface area contributed by atoms with Gasteiger partial charge in [0.05, 0.1) is 0 Å². The molecule has 3 rings (SSSR count). The lowest BCUT2D eigenvalue weighted by Crippen LogP contribution is -2.20. The number of benzene rings is 2. The van der Waals surface area contributed by atoms with E-state index in [1.54, 1.807) is 0 Å². The van der Waals surface area contributed by atoms with Gasteiger partial charge in [-0.2, -0.15) is 0 Å². The first-order chi connectivity index (χ1) is 9.79. The van der Waals surface area contributed by atoms with Crippen LogP contribution >= 0.6 is 11.8 Å². The van der Waals surface area contributed by atoms with Crippen LogP contribution in [0.2, 0.25) is 0 Å². The van der Waals surface area contributed by atoms with Crippen molar-refractivity contribution >= 4 is 11.8 Å². The molecule has 0 saturated heterocycles. The molecule has 1 aliphatic heterocycles. The number of hydrogen-bond donors (Lipinski definition) is 1. The van der Waals surface area contributed by atoms with Crippen molar-refractivity contribution < 1.29 is 0 Å². The second kappa shape index (κ2) is 6.02. The van der Waals surface area contributed by atoms with Gasteiger partial charge in [-0.25, -0.2) is 0 Å². The summed E-state index contributed by atoms with van der Waals surface area (Å²) in [6, 6.07) is 17.6. The van der Waals surface area contributed by atoms with Crippen molar-refractivity contribution in [3.8, 4) is 0 Å². The molecule has 0 radical (unpaired) electrons. The van der Waals surface area contributed by atoms with E-state index in [9.17, 15) is 0 Å². The summed E-state index contributed by atoms with van der Waals surface area (Å²) in [5, 5.41) is 0. The lowest BCUT2D eigenvalue weighted by atomic mass is 9.88. The number of nitrogens with two attached hydrogens (primary N) is 1. The predicted molar refractivity (Wildman–Crippen MR) is 87.3 cm³/mol. The first-order valence-corrected chi connectivity index (χ1v) is 8.34. The maximum atomic E-state index is 6.57. The third kappa shape index (κ3) is 2.63. The van der Waals surface area contributed by atoms with Crippen molar-refractivity contribution in [3.05, 3.63) is 65.2 Å². The van der Waals surface area contributed by atoms with E-state index in [-0.39, 0.29) is 6.04 Å². The van der Waals surface area contributed by atoms with Gasteiger partial charge in [-0.1, -0.05) is 55.8 Å². The quantitative estimate of drug-likeness (QED) is 0.892. The highest BCUT2D eigenvalue weighted by Crippen LogP contribution is 2.44. The molecule has 0 aliphatic carbocycles. The van der Waals surface area contributed by atoms with Gasteiger partial charge in [-0.05, 0) is 29.2 Å². The molecule has 2 N–H and O–H groups in total. The Kier molecular flexibility index (Phi) is 4.13. The summed E-state index contributed by atoms with van der Waals surface area (Å²) in [7, 11) is 0. The topological polar surface area (TPSA) is 26.0 Å². The molecule has 0 spiro atoms. The Bertz CT molecular complexity index is 593. The third-order valence-electron chi connectivity index (χ3n) is 4.04. The number of hydrogen-bond acceptors (Lipinski definition) is 2. The van der Waals surface area contributed by atoms with Crippen molar-refractivity contribution in [2.45, 2.75) is 36.6 Å². The van der Waals surface area contributed by atoms with E-state index in [0.29, 0.717) is 5.92 Å². The Morgan fingerprint density at radius 1 is 1.20 bits per heavy atom. The van der Waals surface area contributed by atoms with E-state index < -0.39 is 0 Å². The summed E-state index contributed by atoms with van der Waals surface area (Å²) >= 11 is 1.93. The van der Waals surface area contributed by atoms with E-state index in [1.807, 2.05) is 11.8 Å². The summed E-state index contributed by atoms with van der Waals surface area (Å²) < 4.78 is 0. The van der Waals surface area contributed by atoms with Gasteiger partial charge in [0.25, 0.3) is 0 Å². The molecule has 20 heavy (non-hydrogen) atoms. The molecule has 2 aromatic rings. The molecule has 1 heterocycles. The molecule has 2 heteroatoms. The van der Waals surface area contributed by atoms with Crippen LogP contribution in [0, 0.1) is 0 Å². The monoisotopic (exact) mass is 283 g/mol. The summed E-state index contributed by atoms with van der Waals surface area (Å²) in [6.07, 6.45) is 2.32. The maximum absolute atomic E-state index is 6.57. The van der Waals surface area contributed by atoms with Crippen LogP contribution in [0.5, 0.6) is 0 Å². The second-order valence-electron chi connectivity index (χ2n) is 5.48. The Hall–Kier alpha value is -1.25. The van der Waals surface area contributed by atoms with Crippen LogP contribution < -0.4 is 5.73 Å². The zero-order valence-corrected chi connectivity index (χ0v) is 12.7. The largest absolute Gasteiger partial charge is 0.323 e. The zero-order valence-electron chi connectivity index (χ0n) is 11.9. The predicted octanol–water partition coefficient (Wildman–Crippen LogP) is 4.53. The highest BCUT2D eigenvalue weighted by atomic mass is 32.2.